The number of rotatable bonds is 2. The first kappa shape index (κ1) is 15.4. The fraction of sp³-hybridized carbons (Fsp3) is 0. The van der Waals surface area contributed by atoms with Gasteiger partial charge in [0.2, 0.25) is 0 Å². The van der Waals surface area contributed by atoms with Gasteiger partial charge in [-0.15, -0.1) is 0 Å². The largest absolute Gasteiger partial charge is 0.423 e. The summed E-state index contributed by atoms with van der Waals surface area (Å²) < 4.78 is 45.5. The Morgan fingerprint density at radius 3 is 2.22 bits per heavy atom. The zero-order chi connectivity index (χ0) is 16.6. The number of cyclic esters (lactones) is 1. The molecule has 2 aromatic carbocycles. The van der Waals surface area contributed by atoms with E-state index in [2.05, 4.69) is 0 Å². The van der Waals surface area contributed by atoms with Crippen LogP contribution >= 0.6 is 11.6 Å². The molecule has 0 saturated carbocycles. The lowest BCUT2D eigenvalue weighted by Gasteiger charge is -2.03. The third-order valence-corrected chi connectivity index (χ3v) is 3.42. The van der Waals surface area contributed by atoms with Crippen molar-refractivity contribution in [3.05, 3.63) is 81.8 Å². The van der Waals surface area contributed by atoms with Crippen LogP contribution < -0.4 is 0 Å². The monoisotopic (exact) mass is 336 g/mol. The van der Waals surface area contributed by atoms with Crippen LogP contribution in [0.25, 0.3) is 11.6 Å². The summed E-state index contributed by atoms with van der Waals surface area (Å²) in [5, 5.41) is 0.544. The molecule has 23 heavy (non-hydrogen) atoms. The van der Waals surface area contributed by atoms with Crippen molar-refractivity contribution >= 4 is 29.2 Å². The van der Waals surface area contributed by atoms with Crippen molar-refractivity contribution in [2.45, 2.75) is 0 Å². The minimum atomic E-state index is -1.17. The molecule has 0 bridgehead atoms. The molecule has 1 heterocycles. The zero-order valence-corrected chi connectivity index (χ0v) is 12.2. The molecule has 0 atom stereocenters. The van der Waals surface area contributed by atoms with Gasteiger partial charge in [0, 0.05) is 17.2 Å². The molecular weight excluding hydrogens is 329 g/mol. The fourth-order valence-corrected chi connectivity index (χ4v) is 2.29. The van der Waals surface area contributed by atoms with Crippen LogP contribution in [0.1, 0.15) is 11.1 Å². The van der Waals surface area contributed by atoms with Crippen LogP contribution in [0.15, 0.2) is 48.2 Å². The molecule has 0 aromatic heterocycles. The lowest BCUT2D eigenvalue weighted by atomic mass is 10.0. The molecule has 0 aliphatic carbocycles. The summed E-state index contributed by atoms with van der Waals surface area (Å²) in [6.07, 6.45) is 2.72. The van der Waals surface area contributed by atoms with Gasteiger partial charge in [0.05, 0.1) is 11.1 Å². The number of ether oxygens (including phenoxy) is 1. The first-order valence-electron chi connectivity index (χ1n) is 6.50. The standard InChI is InChI=1S/C17H8ClF3O2/c18-10-3-1-9(2-4-10)5-12-8-13(17(22)23-12)16-14(20)6-11(19)7-15(16)21/h1-8H/b12-5+. The van der Waals surface area contributed by atoms with Crippen LogP contribution in [0.4, 0.5) is 13.2 Å². The van der Waals surface area contributed by atoms with Crippen LogP contribution in [0.5, 0.6) is 0 Å². The Morgan fingerprint density at radius 2 is 1.61 bits per heavy atom. The highest BCUT2D eigenvalue weighted by atomic mass is 35.5. The summed E-state index contributed by atoms with van der Waals surface area (Å²) in [7, 11) is 0. The summed E-state index contributed by atoms with van der Waals surface area (Å²) in [5.74, 6) is -4.19. The Hall–Kier alpha value is -2.53. The van der Waals surface area contributed by atoms with E-state index in [9.17, 15) is 18.0 Å². The van der Waals surface area contributed by atoms with Gasteiger partial charge in [0.1, 0.15) is 23.2 Å². The van der Waals surface area contributed by atoms with Gasteiger partial charge in [-0.05, 0) is 29.8 Å². The molecule has 116 valence electrons. The summed E-state index contributed by atoms with van der Waals surface area (Å²) in [5.41, 5.74) is -0.231. The van der Waals surface area contributed by atoms with E-state index in [0.29, 0.717) is 22.7 Å². The fourth-order valence-electron chi connectivity index (χ4n) is 2.16. The molecule has 0 unspecified atom stereocenters. The summed E-state index contributed by atoms with van der Waals surface area (Å²) in [6, 6.07) is 7.69. The van der Waals surface area contributed by atoms with E-state index >= 15 is 0 Å². The smallest absolute Gasteiger partial charge is 0.344 e. The minimum Gasteiger partial charge on any atom is -0.423 e. The molecular formula is C17H8ClF3O2. The molecule has 6 heteroatoms. The second-order valence-electron chi connectivity index (χ2n) is 4.79. The lowest BCUT2D eigenvalue weighted by Crippen LogP contribution is -2.03. The van der Waals surface area contributed by atoms with Crippen LogP contribution in [-0.4, -0.2) is 5.97 Å². The summed E-state index contributed by atoms with van der Waals surface area (Å²) in [4.78, 5) is 11.8. The SMILES string of the molecule is O=C1O/C(=C/c2ccc(Cl)cc2)C=C1c1c(F)cc(F)cc1F. The topological polar surface area (TPSA) is 26.3 Å². The van der Waals surface area contributed by atoms with Gasteiger partial charge in [-0.2, -0.15) is 0 Å². The molecule has 0 spiro atoms. The Labute approximate surface area is 134 Å². The predicted octanol–water partition coefficient (Wildman–Crippen LogP) is 4.74. The van der Waals surface area contributed by atoms with Crippen molar-refractivity contribution in [2.24, 2.45) is 0 Å². The minimum absolute atomic E-state index is 0.121. The number of carbonyl (C=O) groups excluding carboxylic acids is 1. The highest BCUT2D eigenvalue weighted by molar-refractivity contribution is 6.30. The molecule has 0 fully saturated rings. The Morgan fingerprint density at radius 1 is 1.00 bits per heavy atom. The number of hydrogen-bond acceptors (Lipinski definition) is 2. The second-order valence-corrected chi connectivity index (χ2v) is 5.23. The Kier molecular flexibility index (Phi) is 3.96. The first-order chi connectivity index (χ1) is 10.9. The van der Waals surface area contributed by atoms with E-state index < -0.39 is 29.0 Å². The number of benzene rings is 2. The highest BCUT2D eigenvalue weighted by Crippen LogP contribution is 2.31. The van der Waals surface area contributed by atoms with Gasteiger partial charge in [-0.1, -0.05) is 23.7 Å². The van der Waals surface area contributed by atoms with E-state index in [1.54, 1.807) is 24.3 Å². The van der Waals surface area contributed by atoms with Gasteiger partial charge < -0.3 is 4.74 Å². The molecule has 0 amide bonds. The Bertz CT molecular complexity index is 832. The lowest BCUT2D eigenvalue weighted by molar-refractivity contribution is -0.131. The number of hydrogen-bond donors (Lipinski definition) is 0. The van der Waals surface area contributed by atoms with Gasteiger partial charge in [-0.25, -0.2) is 18.0 Å². The third-order valence-electron chi connectivity index (χ3n) is 3.17. The molecule has 3 rings (SSSR count). The maximum Gasteiger partial charge on any atom is 0.344 e. The van der Waals surface area contributed by atoms with Gasteiger partial charge in [0.15, 0.2) is 0 Å². The van der Waals surface area contributed by atoms with Gasteiger partial charge in [0.25, 0.3) is 0 Å². The molecule has 0 radical (unpaired) electrons. The first-order valence-corrected chi connectivity index (χ1v) is 6.88. The number of halogens is 4. The van der Waals surface area contributed by atoms with Crippen molar-refractivity contribution in [3.63, 3.8) is 0 Å². The van der Waals surface area contributed by atoms with E-state index in [1.165, 1.54) is 12.2 Å². The van der Waals surface area contributed by atoms with Crippen LogP contribution in [0.3, 0.4) is 0 Å². The maximum atomic E-state index is 13.8. The van der Waals surface area contributed by atoms with Crippen LogP contribution in [0, 0.1) is 17.5 Å². The van der Waals surface area contributed by atoms with Crippen molar-refractivity contribution in [1.29, 1.82) is 0 Å². The summed E-state index contributed by atoms with van der Waals surface area (Å²) in [6.45, 7) is 0. The van der Waals surface area contributed by atoms with Crippen molar-refractivity contribution < 1.29 is 22.7 Å². The van der Waals surface area contributed by atoms with E-state index in [4.69, 9.17) is 16.3 Å². The summed E-state index contributed by atoms with van der Waals surface area (Å²) >= 11 is 5.77. The van der Waals surface area contributed by atoms with E-state index in [0.717, 1.165) is 0 Å². The molecule has 2 nitrogen and oxygen atoms in total. The number of esters is 1. The quantitative estimate of drug-likeness (QED) is 0.740. The molecule has 2 aromatic rings. The van der Waals surface area contributed by atoms with Gasteiger partial charge in [-0.3, -0.25) is 0 Å². The van der Waals surface area contributed by atoms with Crippen molar-refractivity contribution in [2.75, 3.05) is 0 Å². The van der Waals surface area contributed by atoms with Crippen molar-refractivity contribution in [3.8, 4) is 0 Å². The molecule has 1 aliphatic rings. The normalized spacial score (nSPS) is 15.7. The van der Waals surface area contributed by atoms with Crippen LogP contribution in [-0.2, 0) is 9.53 Å². The number of allylic oxidation sites excluding steroid dienone is 1. The van der Waals surface area contributed by atoms with Gasteiger partial charge >= 0.3 is 5.97 Å². The average molecular weight is 337 g/mol. The average Bonchev–Trinajstić information content (AvgIpc) is 2.81. The van der Waals surface area contributed by atoms with E-state index in [1.807, 2.05) is 0 Å². The highest BCUT2D eigenvalue weighted by Gasteiger charge is 2.28. The Balaban J connectivity index is 2.01. The molecule has 0 saturated heterocycles. The molecule has 0 N–H and O–H groups in total. The second kappa shape index (κ2) is 5.93. The van der Waals surface area contributed by atoms with E-state index in [-0.39, 0.29) is 11.3 Å². The maximum absolute atomic E-state index is 13.8. The number of carbonyl (C=O) groups is 1. The van der Waals surface area contributed by atoms with Crippen LogP contribution in [0.2, 0.25) is 5.02 Å². The zero-order valence-electron chi connectivity index (χ0n) is 11.4. The molecule has 1 aliphatic heterocycles. The predicted molar refractivity (Wildman–Crippen MR) is 79.8 cm³/mol. The van der Waals surface area contributed by atoms with Crippen molar-refractivity contribution in [1.82, 2.24) is 0 Å². The third kappa shape index (κ3) is 3.14.